The molecule has 2 saturated heterocycles. The van der Waals surface area contributed by atoms with E-state index in [1.807, 2.05) is 12.1 Å². The van der Waals surface area contributed by atoms with Crippen LogP contribution in [-0.2, 0) is 15.8 Å². The molecule has 0 radical (unpaired) electrons. The number of anilines is 2. The fourth-order valence-corrected chi connectivity index (χ4v) is 4.38. The van der Waals surface area contributed by atoms with E-state index in [1.54, 1.807) is 12.1 Å². The van der Waals surface area contributed by atoms with Crippen LogP contribution in [-0.4, -0.2) is 49.1 Å². The first kappa shape index (κ1) is 21.5. The van der Waals surface area contributed by atoms with Gasteiger partial charge in [0.15, 0.2) is 6.04 Å². The summed E-state index contributed by atoms with van der Waals surface area (Å²) in [6.45, 7) is 2.51. The van der Waals surface area contributed by atoms with E-state index in [0.717, 1.165) is 27.6 Å². The lowest BCUT2D eigenvalue weighted by atomic mass is 10.1. The van der Waals surface area contributed by atoms with Crippen LogP contribution < -0.4 is 14.7 Å². The second-order valence-electron chi connectivity index (χ2n) is 7.65. The SMILES string of the molecule is O=C1C[C@@H]([NH+]2CCN(c3ccc(O)cc3)CC2)C(=O)N1c1ccc(Cl)c(C(F)(F)F)c1. The van der Waals surface area contributed by atoms with Gasteiger partial charge in [0.1, 0.15) is 5.75 Å². The first-order valence-corrected chi connectivity index (χ1v) is 10.1. The largest absolute Gasteiger partial charge is 0.508 e. The molecule has 2 aromatic rings. The Balaban J connectivity index is 1.47. The van der Waals surface area contributed by atoms with Crippen LogP contribution in [0, 0.1) is 0 Å². The van der Waals surface area contributed by atoms with Crippen LogP contribution in [0.15, 0.2) is 42.5 Å². The number of quaternary nitrogens is 1. The number of hydrogen-bond donors (Lipinski definition) is 2. The molecule has 0 aromatic heterocycles. The molecule has 164 valence electrons. The summed E-state index contributed by atoms with van der Waals surface area (Å²) in [5.41, 5.74) is -0.241. The number of carbonyl (C=O) groups is 2. The first-order chi connectivity index (χ1) is 14.6. The highest BCUT2D eigenvalue weighted by atomic mass is 35.5. The Bertz CT molecular complexity index is 1010. The van der Waals surface area contributed by atoms with Crippen molar-refractivity contribution in [2.24, 2.45) is 0 Å². The third-order valence-corrected chi connectivity index (χ3v) is 6.10. The number of alkyl halides is 3. The molecule has 2 aliphatic rings. The highest BCUT2D eigenvalue weighted by Crippen LogP contribution is 2.37. The minimum absolute atomic E-state index is 0.0443. The van der Waals surface area contributed by atoms with E-state index < -0.39 is 34.6 Å². The lowest BCUT2D eigenvalue weighted by Crippen LogP contribution is -3.19. The predicted octanol–water partition coefficient (Wildman–Crippen LogP) is 2.10. The molecule has 6 nitrogen and oxygen atoms in total. The number of carbonyl (C=O) groups excluding carboxylic acids is 2. The standard InChI is InChI=1S/C21H19ClF3N3O3/c22-17-6-3-14(11-16(17)21(23,24)25)28-19(30)12-18(20(28)31)27-9-7-26(8-10-27)13-1-4-15(29)5-2-13/h1-6,11,18,29H,7-10,12H2/p+1/t18-/m1/s1. The van der Waals surface area contributed by atoms with E-state index >= 15 is 0 Å². The number of nitrogens with zero attached hydrogens (tertiary/aromatic N) is 2. The van der Waals surface area contributed by atoms with Crippen molar-refractivity contribution >= 4 is 34.8 Å². The Hall–Kier alpha value is -2.78. The fourth-order valence-electron chi connectivity index (χ4n) is 4.16. The van der Waals surface area contributed by atoms with Crippen LogP contribution in [0.2, 0.25) is 5.02 Å². The number of aromatic hydroxyl groups is 1. The van der Waals surface area contributed by atoms with Crippen molar-refractivity contribution in [3.8, 4) is 5.75 Å². The first-order valence-electron chi connectivity index (χ1n) is 9.77. The van der Waals surface area contributed by atoms with E-state index in [9.17, 15) is 27.9 Å². The molecular formula is C21H20ClF3N3O3+. The van der Waals surface area contributed by atoms with Crippen molar-refractivity contribution in [1.29, 1.82) is 0 Å². The summed E-state index contributed by atoms with van der Waals surface area (Å²) < 4.78 is 39.5. The number of rotatable bonds is 3. The van der Waals surface area contributed by atoms with Gasteiger partial charge in [0.05, 0.1) is 48.9 Å². The van der Waals surface area contributed by atoms with Crippen molar-refractivity contribution in [2.45, 2.75) is 18.6 Å². The molecule has 4 rings (SSSR count). The van der Waals surface area contributed by atoms with Gasteiger partial charge in [-0.3, -0.25) is 9.59 Å². The molecule has 2 heterocycles. The number of phenols is 1. The fraction of sp³-hybridized carbons (Fsp3) is 0.333. The van der Waals surface area contributed by atoms with E-state index in [-0.39, 0.29) is 17.9 Å². The summed E-state index contributed by atoms with van der Waals surface area (Å²) >= 11 is 5.65. The Morgan fingerprint density at radius 1 is 1.00 bits per heavy atom. The number of benzene rings is 2. The van der Waals surface area contributed by atoms with E-state index in [1.165, 1.54) is 6.07 Å². The molecule has 2 aromatic carbocycles. The van der Waals surface area contributed by atoms with Gasteiger partial charge in [-0.2, -0.15) is 13.2 Å². The lowest BCUT2D eigenvalue weighted by Gasteiger charge is -2.35. The number of imide groups is 1. The maximum absolute atomic E-state index is 13.2. The maximum Gasteiger partial charge on any atom is 0.417 e. The monoisotopic (exact) mass is 454 g/mol. The lowest BCUT2D eigenvalue weighted by molar-refractivity contribution is -0.915. The zero-order valence-corrected chi connectivity index (χ0v) is 17.1. The van der Waals surface area contributed by atoms with Gasteiger partial charge < -0.3 is 14.9 Å². The van der Waals surface area contributed by atoms with E-state index in [0.29, 0.717) is 26.2 Å². The average Bonchev–Trinajstić information content (AvgIpc) is 3.02. The molecule has 0 spiro atoms. The van der Waals surface area contributed by atoms with Gasteiger partial charge in [-0.25, -0.2) is 4.90 Å². The number of phenolic OH excluding ortho intramolecular Hbond substituents is 1. The Labute approximate surface area is 181 Å². The van der Waals surface area contributed by atoms with Gasteiger partial charge >= 0.3 is 6.18 Å². The zero-order chi connectivity index (χ0) is 22.3. The van der Waals surface area contributed by atoms with Gasteiger partial charge in [-0.1, -0.05) is 11.6 Å². The summed E-state index contributed by atoms with van der Waals surface area (Å²) in [6, 6.07) is 9.26. The van der Waals surface area contributed by atoms with E-state index in [2.05, 4.69) is 4.90 Å². The topological polar surface area (TPSA) is 65.3 Å². The summed E-state index contributed by atoms with van der Waals surface area (Å²) in [4.78, 5) is 29.4. The number of hydrogen-bond acceptors (Lipinski definition) is 4. The van der Waals surface area contributed by atoms with Crippen LogP contribution in [0.5, 0.6) is 5.75 Å². The molecule has 2 N–H and O–H groups in total. The average molecular weight is 455 g/mol. The Morgan fingerprint density at radius 2 is 1.61 bits per heavy atom. The summed E-state index contributed by atoms with van der Waals surface area (Å²) in [5, 5.41) is 8.94. The van der Waals surface area contributed by atoms with Crippen molar-refractivity contribution in [3.63, 3.8) is 0 Å². The second kappa shape index (κ2) is 8.05. The number of nitrogens with one attached hydrogen (secondary N) is 1. The molecule has 31 heavy (non-hydrogen) atoms. The molecule has 0 unspecified atom stereocenters. The third-order valence-electron chi connectivity index (χ3n) is 5.77. The highest BCUT2D eigenvalue weighted by Gasteiger charge is 2.47. The van der Waals surface area contributed by atoms with Crippen LogP contribution in [0.25, 0.3) is 0 Å². The molecular weight excluding hydrogens is 435 g/mol. The van der Waals surface area contributed by atoms with Crippen LogP contribution >= 0.6 is 11.6 Å². The normalized spacial score (nSPS) is 20.6. The zero-order valence-electron chi connectivity index (χ0n) is 16.3. The molecule has 1 atom stereocenters. The predicted molar refractivity (Wildman–Crippen MR) is 108 cm³/mol. The van der Waals surface area contributed by atoms with Gasteiger partial charge in [-0.15, -0.1) is 0 Å². The highest BCUT2D eigenvalue weighted by molar-refractivity contribution is 6.31. The van der Waals surface area contributed by atoms with Crippen LogP contribution in [0.1, 0.15) is 12.0 Å². The van der Waals surface area contributed by atoms with Crippen molar-refractivity contribution < 1.29 is 32.8 Å². The quantitative estimate of drug-likeness (QED) is 0.697. The van der Waals surface area contributed by atoms with Gasteiger partial charge in [0.2, 0.25) is 5.91 Å². The molecule has 0 saturated carbocycles. The van der Waals surface area contributed by atoms with Gasteiger partial charge in [-0.05, 0) is 42.5 Å². The summed E-state index contributed by atoms with van der Waals surface area (Å²) in [6.07, 6.45) is -4.73. The molecule has 2 aliphatic heterocycles. The maximum atomic E-state index is 13.2. The Morgan fingerprint density at radius 3 is 2.23 bits per heavy atom. The van der Waals surface area contributed by atoms with Crippen LogP contribution in [0.3, 0.4) is 0 Å². The molecule has 2 fully saturated rings. The minimum atomic E-state index is -4.69. The van der Waals surface area contributed by atoms with E-state index in [4.69, 9.17) is 11.6 Å². The molecule has 10 heteroatoms. The summed E-state index contributed by atoms with van der Waals surface area (Å²) in [7, 11) is 0. The molecule has 0 bridgehead atoms. The van der Waals surface area contributed by atoms with Crippen LogP contribution in [0.4, 0.5) is 24.5 Å². The third kappa shape index (κ3) is 4.20. The molecule has 2 amide bonds. The van der Waals surface area contributed by atoms with Crippen molar-refractivity contribution in [2.75, 3.05) is 36.0 Å². The van der Waals surface area contributed by atoms with Crippen molar-refractivity contribution in [1.82, 2.24) is 0 Å². The Kier molecular flexibility index (Phi) is 5.57. The number of amides is 2. The van der Waals surface area contributed by atoms with Gasteiger partial charge in [0, 0.05) is 5.69 Å². The summed E-state index contributed by atoms with van der Waals surface area (Å²) in [5.74, 6) is -0.827. The number of halogens is 4. The smallest absolute Gasteiger partial charge is 0.417 e. The second-order valence-corrected chi connectivity index (χ2v) is 8.05. The van der Waals surface area contributed by atoms with Crippen molar-refractivity contribution in [3.05, 3.63) is 53.1 Å². The number of piperazine rings is 1. The molecule has 0 aliphatic carbocycles. The minimum Gasteiger partial charge on any atom is -0.508 e. The van der Waals surface area contributed by atoms with Gasteiger partial charge in [0.25, 0.3) is 5.91 Å².